The molecule has 0 radical (unpaired) electrons. The van der Waals surface area contributed by atoms with Gasteiger partial charge in [-0.1, -0.05) is 62.3 Å². The number of hydrogen-bond acceptors (Lipinski definition) is 22. The smallest absolute Gasteiger partial charge is 0.0637 e. The molecule has 0 spiro atoms. The third kappa shape index (κ3) is 26.2. The second kappa shape index (κ2) is 42.9. The average Bonchev–Trinajstić information content (AvgIpc) is 3.61. The molecule has 0 rings (SSSR count). The van der Waals surface area contributed by atoms with Crippen LogP contribution < -0.4 is 0 Å². The Hall–Kier alpha value is -0.880. The molecule has 13 N–H and O–H groups in total. The third-order valence-corrected chi connectivity index (χ3v) is 19.2. The van der Waals surface area contributed by atoms with Crippen LogP contribution in [-0.4, -0.2) is 271 Å². The van der Waals surface area contributed by atoms with E-state index in [9.17, 15) is 66.4 Å². The van der Waals surface area contributed by atoms with E-state index in [-0.39, 0.29) is 205 Å². The molecule has 0 aromatic heterocycles. The standard InChI is InChI=1S/C61H124O22/c1-10-52(23-62,24-63)19-21-75-39-57(15-6,33-72)40-80-42-59(17-8,35-74)44-82-50-61(48-79-38-56(14-5,31-70)32-71,49-81-43-58(16-7,34-73)41-77-36-54(12-3,27-66)28-67)51-83-47-60(18-9,46-78-37-55(13-4,29-68)30-69)45-76-22-20-53(11-2,25-64)26-65/h62-74H,10-51H2,1-9H3. The molecule has 500 valence electrons. The van der Waals surface area contributed by atoms with Crippen LogP contribution in [0, 0.1) is 54.1 Å². The van der Waals surface area contributed by atoms with Crippen molar-refractivity contribution in [3.63, 3.8) is 0 Å². The van der Waals surface area contributed by atoms with Gasteiger partial charge in [0.25, 0.3) is 0 Å². The zero-order valence-corrected chi connectivity index (χ0v) is 53.2. The first-order valence-electron chi connectivity index (χ1n) is 30.8. The highest BCUT2D eigenvalue weighted by atomic mass is 16.5. The first kappa shape index (κ1) is 82.1. The molecular weight excluding hydrogens is 1080 g/mol. The normalized spacial score (nSPS) is 16.8. The Morgan fingerprint density at radius 3 is 0.494 bits per heavy atom. The number of hydrogen-bond donors (Lipinski definition) is 13. The monoisotopic (exact) mass is 1210 g/mol. The van der Waals surface area contributed by atoms with Crippen molar-refractivity contribution < 1.29 is 109 Å². The Labute approximate surface area is 499 Å². The summed E-state index contributed by atoms with van der Waals surface area (Å²) in [5, 5.41) is 135. The Morgan fingerprint density at radius 1 is 0.169 bits per heavy atom. The van der Waals surface area contributed by atoms with Crippen LogP contribution in [0.4, 0.5) is 0 Å². The fourth-order valence-electron chi connectivity index (χ4n) is 9.19. The summed E-state index contributed by atoms with van der Waals surface area (Å²) in [6.07, 6.45) is 5.04. The highest BCUT2D eigenvalue weighted by Gasteiger charge is 2.42. The van der Waals surface area contributed by atoms with Crippen molar-refractivity contribution in [2.45, 2.75) is 133 Å². The SMILES string of the molecule is CCC(CO)(CO)CCOCC(CC)(CO)COCC(CC)(CO)COCC(COCC(CC)(CO)CO)(COCC(CC)(CO)COCC(CC)(CO)CO)COCC(CC)(COCCC(CC)(CO)CO)COCC(CC)(CO)CO. The van der Waals surface area contributed by atoms with Crippen molar-refractivity contribution in [3.8, 4) is 0 Å². The lowest BCUT2D eigenvalue weighted by Gasteiger charge is -2.40. The van der Waals surface area contributed by atoms with Crippen molar-refractivity contribution in [2.75, 3.05) is 205 Å². The summed E-state index contributed by atoms with van der Waals surface area (Å²) >= 11 is 0. The lowest BCUT2D eigenvalue weighted by molar-refractivity contribution is -0.162. The molecule has 0 saturated heterocycles. The van der Waals surface area contributed by atoms with Gasteiger partial charge in [0.1, 0.15) is 0 Å². The molecule has 0 bridgehead atoms. The van der Waals surface area contributed by atoms with Crippen molar-refractivity contribution in [3.05, 3.63) is 0 Å². The maximum atomic E-state index is 11.1. The van der Waals surface area contributed by atoms with Crippen molar-refractivity contribution >= 4 is 0 Å². The van der Waals surface area contributed by atoms with E-state index in [1.165, 1.54) is 0 Å². The summed E-state index contributed by atoms with van der Waals surface area (Å²) in [6, 6.07) is 0. The van der Waals surface area contributed by atoms with Crippen LogP contribution in [0.2, 0.25) is 0 Å². The maximum absolute atomic E-state index is 11.1. The van der Waals surface area contributed by atoms with E-state index in [0.717, 1.165) is 0 Å². The molecule has 0 heterocycles. The highest BCUT2D eigenvalue weighted by molar-refractivity contribution is 4.88. The molecule has 5 unspecified atom stereocenters. The molecular formula is C61H124O22. The van der Waals surface area contributed by atoms with E-state index in [1.54, 1.807) is 0 Å². The van der Waals surface area contributed by atoms with Crippen LogP contribution in [-0.2, 0) is 42.6 Å². The summed E-state index contributed by atoms with van der Waals surface area (Å²) in [6.45, 7) is 14.2. The van der Waals surface area contributed by atoms with Crippen molar-refractivity contribution in [1.82, 2.24) is 0 Å². The van der Waals surface area contributed by atoms with Crippen molar-refractivity contribution in [1.29, 1.82) is 0 Å². The molecule has 0 amide bonds. The van der Waals surface area contributed by atoms with Gasteiger partial charge in [0.05, 0.1) is 197 Å². The van der Waals surface area contributed by atoms with Gasteiger partial charge in [-0.3, -0.25) is 0 Å². The summed E-state index contributed by atoms with van der Waals surface area (Å²) in [7, 11) is 0. The number of rotatable bonds is 60. The predicted molar refractivity (Wildman–Crippen MR) is 316 cm³/mol. The summed E-state index contributed by atoms with van der Waals surface area (Å²) in [5.74, 6) is 0. The fourth-order valence-corrected chi connectivity index (χ4v) is 9.19. The van der Waals surface area contributed by atoms with E-state index in [2.05, 4.69) is 0 Å². The minimum absolute atomic E-state index is 0.0127. The second-order valence-electron chi connectivity index (χ2n) is 25.3. The van der Waals surface area contributed by atoms with Gasteiger partial charge in [0.2, 0.25) is 0 Å². The predicted octanol–water partition coefficient (Wildman–Crippen LogP) is 2.37. The molecule has 22 heteroatoms. The van der Waals surface area contributed by atoms with E-state index in [4.69, 9.17) is 42.6 Å². The van der Waals surface area contributed by atoms with Crippen molar-refractivity contribution in [2.24, 2.45) is 54.1 Å². The lowest BCUT2D eigenvalue weighted by Crippen LogP contribution is -2.47. The summed E-state index contributed by atoms with van der Waals surface area (Å²) in [5.41, 5.74) is -8.82. The van der Waals surface area contributed by atoms with Gasteiger partial charge in [0, 0.05) is 61.9 Å². The number of aliphatic hydroxyl groups is 13. The third-order valence-electron chi connectivity index (χ3n) is 19.2. The zero-order valence-electron chi connectivity index (χ0n) is 53.2. The number of aliphatic hydroxyl groups excluding tert-OH is 13. The lowest BCUT2D eigenvalue weighted by atomic mass is 9.83. The molecule has 0 fully saturated rings. The molecule has 0 aliphatic heterocycles. The Morgan fingerprint density at radius 2 is 0.313 bits per heavy atom. The van der Waals surface area contributed by atoms with Gasteiger partial charge in [0.15, 0.2) is 0 Å². The van der Waals surface area contributed by atoms with Gasteiger partial charge in [-0.2, -0.15) is 0 Å². The minimum Gasteiger partial charge on any atom is -0.396 e. The molecule has 0 aliphatic rings. The molecule has 5 atom stereocenters. The van der Waals surface area contributed by atoms with Gasteiger partial charge >= 0.3 is 0 Å². The largest absolute Gasteiger partial charge is 0.396 e. The van der Waals surface area contributed by atoms with E-state index in [0.29, 0.717) is 70.6 Å². The Kier molecular flexibility index (Phi) is 42.5. The van der Waals surface area contributed by atoms with Crippen LogP contribution >= 0.6 is 0 Å². The van der Waals surface area contributed by atoms with Gasteiger partial charge in [-0.15, -0.1) is 0 Å². The summed E-state index contributed by atoms with van der Waals surface area (Å²) in [4.78, 5) is 0. The molecule has 0 aromatic carbocycles. The first-order valence-corrected chi connectivity index (χ1v) is 30.8. The summed E-state index contributed by atoms with van der Waals surface area (Å²) < 4.78 is 57.9. The topological polar surface area (TPSA) is 346 Å². The van der Waals surface area contributed by atoms with E-state index in [1.807, 2.05) is 62.3 Å². The van der Waals surface area contributed by atoms with Crippen LogP contribution in [0.3, 0.4) is 0 Å². The molecule has 22 nitrogen and oxygen atoms in total. The molecule has 0 aliphatic carbocycles. The molecule has 83 heavy (non-hydrogen) atoms. The average molecular weight is 1210 g/mol. The van der Waals surface area contributed by atoms with E-state index >= 15 is 0 Å². The van der Waals surface area contributed by atoms with Crippen LogP contribution in [0.25, 0.3) is 0 Å². The molecule has 0 aromatic rings. The van der Waals surface area contributed by atoms with Crippen LogP contribution in [0.5, 0.6) is 0 Å². The van der Waals surface area contributed by atoms with E-state index < -0.39 is 54.1 Å². The number of ether oxygens (including phenoxy) is 9. The van der Waals surface area contributed by atoms with Crippen LogP contribution in [0.15, 0.2) is 0 Å². The quantitative estimate of drug-likeness (QED) is 0.0389. The maximum Gasteiger partial charge on any atom is 0.0637 e. The van der Waals surface area contributed by atoms with Gasteiger partial charge < -0.3 is 109 Å². The first-order chi connectivity index (χ1) is 39.7. The van der Waals surface area contributed by atoms with Crippen LogP contribution in [0.1, 0.15) is 133 Å². The van der Waals surface area contributed by atoms with Gasteiger partial charge in [-0.05, 0) is 70.6 Å². The second-order valence-corrected chi connectivity index (χ2v) is 25.3. The highest BCUT2D eigenvalue weighted by Crippen LogP contribution is 2.35. The molecule has 0 saturated carbocycles. The fraction of sp³-hybridized carbons (Fsp3) is 1.00. The Balaban J connectivity index is 7.47. The Bertz CT molecular complexity index is 1490. The van der Waals surface area contributed by atoms with Gasteiger partial charge in [-0.25, -0.2) is 0 Å². The minimum atomic E-state index is -1.18. The zero-order chi connectivity index (χ0) is 63.1.